The Morgan fingerprint density at radius 1 is 1.52 bits per heavy atom. The number of aromatic amines is 1. The van der Waals surface area contributed by atoms with E-state index in [2.05, 4.69) is 19.5 Å². The largest absolute Gasteiger partial charge is 0.472 e. The summed E-state index contributed by atoms with van der Waals surface area (Å²) in [6, 6.07) is 0. The second kappa shape index (κ2) is 4.84. The Kier molecular flexibility index (Phi) is 3.10. The number of fused-ring (bicyclic) bond motifs is 2. The fourth-order valence-electron chi connectivity index (χ4n) is 2.69. The summed E-state index contributed by atoms with van der Waals surface area (Å²) in [5.74, 6) is -0.117. The van der Waals surface area contributed by atoms with Gasteiger partial charge in [0.25, 0.3) is 5.56 Å². The number of ether oxygens (including phenoxy) is 1. The lowest BCUT2D eigenvalue weighted by Crippen LogP contribution is -2.39. The zero-order valence-corrected chi connectivity index (χ0v) is 12.3. The first-order valence-electron chi connectivity index (χ1n) is 6.57. The zero-order chi connectivity index (χ0) is 16.4. The van der Waals surface area contributed by atoms with Gasteiger partial charge in [-0.2, -0.15) is 4.98 Å². The molecule has 124 valence electrons. The summed E-state index contributed by atoms with van der Waals surface area (Å²) in [6.07, 6.45) is -2.85. The van der Waals surface area contributed by atoms with Crippen molar-refractivity contribution >= 4 is 24.9 Å². The van der Waals surface area contributed by atoms with Crippen LogP contribution < -0.4 is 11.3 Å². The number of nitrogens with one attached hydrogen (secondary N) is 1. The first kappa shape index (κ1) is 14.8. The molecule has 2 fully saturated rings. The molecule has 4 heterocycles. The highest BCUT2D eigenvalue weighted by Crippen LogP contribution is 2.52. The van der Waals surface area contributed by atoms with Crippen molar-refractivity contribution in [3.8, 4) is 0 Å². The van der Waals surface area contributed by atoms with Crippen molar-refractivity contribution in [2.24, 2.45) is 0 Å². The second-order valence-electron chi connectivity index (χ2n) is 5.17. The molecule has 0 radical (unpaired) electrons. The quantitative estimate of drug-likeness (QED) is 0.444. The number of H-pyrrole nitrogens is 1. The Bertz CT molecular complexity index is 880. The van der Waals surface area contributed by atoms with Gasteiger partial charge in [0.05, 0.1) is 12.9 Å². The van der Waals surface area contributed by atoms with E-state index in [4.69, 9.17) is 15.0 Å². The van der Waals surface area contributed by atoms with Gasteiger partial charge < -0.3 is 20.5 Å². The molecule has 0 bridgehead atoms. The number of nitrogens with two attached hydrogens (primary N) is 1. The monoisotopic (exact) mass is 345 g/mol. The first-order chi connectivity index (χ1) is 10.9. The molecule has 12 nitrogen and oxygen atoms in total. The standard InChI is InChI=1S/C10H12N5O7P/c11-10-13-7-4(8(17)14-10)12-2-15(7)9-5(16)6-3(21-9)1-20-23(18,19)22-6/h2-3,5-6,9,16H,1H2,(H,18,19)(H3,11,13,14,17)/t3?,5-,6-,9-/m1/s1. The summed E-state index contributed by atoms with van der Waals surface area (Å²) < 4.78 is 27.9. The maximum absolute atomic E-state index is 11.8. The minimum absolute atomic E-state index is 0.0230. The van der Waals surface area contributed by atoms with Gasteiger partial charge in [0.15, 0.2) is 17.4 Å². The van der Waals surface area contributed by atoms with Crippen LogP contribution in [0.15, 0.2) is 11.1 Å². The van der Waals surface area contributed by atoms with E-state index < -0.39 is 37.9 Å². The summed E-state index contributed by atoms with van der Waals surface area (Å²) in [6.45, 7) is -0.214. The van der Waals surface area contributed by atoms with Gasteiger partial charge in [-0.3, -0.25) is 23.4 Å². The van der Waals surface area contributed by atoms with Crippen molar-refractivity contribution in [1.82, 2.24) is 19.5 Å². The predicted molar refractivity (Wildman–Crippen MR) is 73.1 cm³/mol. The van der Waals surface area contributed by atoms with Crippen LogP contribution >= 0.6 is 7.82 Å². The summed E-state index contributed by atoms with van der Waals surface area (Å²) in [5.41, 5.74) is 5.12. The molecule has 0 aliphatic carbocycles. The number of hydrogen-bond acceptors (Lipinski definition) is 9. The lowest BCUT2D eigenvalue weighted by atomic mass is 10.1. The summed E-state index contributed by atoms with van der Waals surface area (Å²) in [5, 5.41) is 10.4. The number of aliphatic hydroxyl groups excluding tert-OH is 1. The molecule has 0 amide bonds. The Morgan fingerprint density at radius 3 is 3.09 bits per heavy atom. The molecule has 4 rings (SSSR count). The molecule has 2 unspecified atom stereocenters. The molecular formula is C10H12N5O7P. The number of aromatic nitrogens is 4. The van der Waals surface area contributed by atoms with Crippen molar-refractivity contribution in [2.75, 3.05) is 12.3 Å². The fraction of sp³-hybridized carbons (Fsp3) is 0.500. The maximum Gasteiger partial charge on any atom is 0.472 e. The van der Waals surface area contributed by atoms with Gasteiger partial charge >= 0.3 is 7.82 Å². The Balaban J connectivity index is 1.75. The molecule has 5 N–H and O–H groups in total. The van der Waals surface area contributed by atoms with Crippen LogP contribution in [0.5, 0.6) is 0 Å². The number of aliphatic hydroxyl groups is 1. The van der Waals surface area contributed by atoms with E-state index in [0.29, 0.717) is 0 Å². The van der Waals surface area contributed by atoms with Crippen LogP contribution in [-0.2, 0) is 18.3 Å². The molecule has 2 aliphatic rings. The van der Waals surface area contributed by atoms with Gasteiger partial charge in [-0.1, -0.05) is 0 Å². The number of anilines is 1. The lowest BCUT2D eigenvalue weighted by molar-refractivity contribution is -0.0664. The molecule has 2 aromatic heterocycles. The number of phosphoric ester groups is 1. The molecule has 0 aromatic carbocycles. The Morgan fingerprint density at radius 2 is 2.30 bits per heavy atom. The zero-order valence-electron chi connectivity index (χ0n) is 11.4. The van der Waals surface area contributed by atoms with Gasteiger partial charge in [-0.15, -0.1) is 0 Å². The molecule has 23 heavy (non-hydrogen) atoms. The first-order valence-corrected chi connectivity index (χ1v) is 8.07. The molecule has 0 spiro atoms. The van der Waals surface area contributed by atoms with Gasteiger partial charge in [-0.25, -0.2) is 9.55 Å². The van der Waals surface area contributed by atoms with E-state index in [9.17, 15) is 19.4 Å². The van der Waals surface area contributed by atoms with Crippen molar-refractivity contribution in [1.29, 1.82) is 0 Å². The van der Waals surface area contributed by atoms with E-state index in [0.717, 1.165) is 0 Å². The highest BCUT2D eigenvalue weighted by atomic mass is 31.2. The minimum atomic E-state index is -4.22. The van der Waals surface area contributed by atoms with Gasteiger partial charge in [0.1, 0.15) is 18.3 Å². The smallest absolute Gasteiger partial charge is 0.386 e. The van der Waals surface area contributed by atoms with Crippen molar-refractivity contribution in [2.45, 2.75) is 24.5 Å². The van der Waals surface area contributed by atoms with E-state index in [1.165, 1.54) is 10.9 Å². The average Bonchev–Trinajstić information content (AvgIpc) is 3.00. The van der Waals surface area contributed by atoms with Gasteiger partial charge in [-0.05, 0) is 0 Å². The van der Waals surface area contributed by atoms with E-state index in [-0.39, 0.29) is 23.7 Å². The average molecular weight is 345 g/mol. The summed E-state index contributed by atoms with van der Waals surface area (Å²) in [4.78, 5) is 31.3. The molecule has 13 heteroatoms. The fourth-order valence-corrected chi connectivity index (χ4v) is 3.66. The molecule has 2 aromatic rings. The molecule has 0 saturated carbocycles. The van der Waals surface area contributed by atoms with Crippen LogP contribution in [0, 0.1) is 0 Å². The molecular weight excluding hydrogens is 333 g/mol. The van der Waals surface area contributed by atoms with Crippen LogP contribution in [0.4, 0.5) is 5.95 Å². The molecule has 2 saturated heterocycles. The second-order valence-corrected chi connectivity index (χ2v) is 6.57. The predicted octanol–water partition coefficient (Wildman–Crippen LogP) is -1.52. The number of nitrogens with zero attached hydrogens (tertiary/aromatic N) is 3. The third-order valence-electron chi connectivity index (χ3n) is 3.69. The van der Waals surface area contributed by atoms with Crippen LogP contribution in [0.2, 0.25) is 0 Å². The summed E-state index contributed by atoms with van der Waals surface area (Å²) in [7, 11) is -4.22. The van der Waals surface area contributed by atoms with E-state index in [1.807, 2.05) is 0 Å². The number of hydrogen-bond donors (Lipinski definition) is 4. The highest BCUT2D eigenvalue weighted by molar-refractivity contribution is 7.47. The normalized spacial score (nSPS) is 37.1. The number of phosphoric acid groups is 1. The van der Waals surface area contributed by atoms with Crippen molar-refractivity contribution in [3.05, 3.63) is 16.7 Å². The van der Waals surface area contributed by atoms with Gasteiger partial charge in [0, 0.05) is 0 Å². The SMILES string of the molecule is Nc1nc2c(ncn2[C@@H]2OC3COP(=O)(O)O[C@H]3[C@H]2O)c(=O)[nH]1. The van der Waals surface area contributed by atoms with E-state index >= 15 is 0 Å². The lowest BCUT2D eigenvalue weighted by Gasteiger charge is -2.27. The maximum atomic E-state index is 11.8. The highest BCUT2D eigenvalue weighted by Gasteiger charge is 2.52. The van der Waals surface area contributed by atoms with Crippen LogP contribution in [0.3, 0.4) is 0 Å². The number of nitrogen functional groups attached to an aromatic ring is 1. The van der Waals surface area contributed by atoms with E-state index in [1.54, 1.807) is 0 Å². The third kappa shape index (κ3) is 2.27. The van der Waals surface area contributed by atoms with Crippen LogP contribution in [-0.4, -0.2) is 54.4 Å². The van der Waals surface area contributed by atoms with Crippen molar-refractivity contribution < 1.29 is 28.3 Å². The van der Waals surface area contributed by atoms with Crippen molar-refractivity contribution in [3.63, 3.8) is 0 Å². The number of imidazole rings is 1. The van der Waals surface area contributed by atoms with Crippen LogP contribution in [0.25, 0.3) is 11.2 Å². The summed E-state index contributed by atoms with van der Waals surface area (Å²) >= 11 is 0. The number of rotatable bonds is 1. The Labute approximate surface area is 127 Å². The van der Waals surface area contributed by atoms with Gasteiger partial charge in [0.2, 0.25) is 5.95 Å². The van der Waals surface area contributed by atoms with Crippen LogP contribution in [0.1, 0.15) is 6.23 Å². The topological polar surface area (TPSA) is 175 Å². The Hall–Kier alpha value is -1.82. The molecule has 5 atom stereocenters. The molecule has 2 aliphatic heterocycles. The third-order valence-corrected chi connectivity index (χ3v) is 4.68. The minimum Gasteiger partial charge on any atom is -0.386 e.